The zero-order valence-corrected chi connectivity index (χ0v) is 17.8. The molecule has 31 heavy (non-hydrogen) atoms. The number of aryl methyl sites for hydroxylation is 1. The second-order valence-corrected chi connectivity index (χ2v) is 7.39. The van der Waals surface area contributed by atoms with E-state index >= 15 is 0 Å². The topological polar surface area (TPSA) is 80.7 Å². The molecule has 1 N–H and O–H groups in total. The second kappa shape index (κ2) is 9.74. The fourth-order valence-corrected chi connectivity index (χ4v) is 3.50. The number of rotatable bonds is 6. The van der Waals surface area contributed by atoms with E-state index in [0.29, 0.717) is 25.5 Å². The van der Waals surface area contributed by atoms with Gasteiger partial charge in [0.25, 0.3) is 0 Å². The average molecular weight is 426 g/mol. The van der Waals surface area contributed by atoms with Gasteiger partial charge in [0, 0.05) is 50.4 Å². The monoisotopic (exact) mass is 426 g/mol. The summed E-state index contributed by atoms with van der Waals surface area (Å²) in [6.07, 6.45) is 6.09. The lowest BCUT2D eigenvalue weighted by atomic mass is 10.1. The summed E-state index contributed by atoms with van der Waals surface area (Å²) in [6.45, 7) is 5.55. The highest BCUT2D eigenvalue weighted by Gasteiger charge is 2.25. The van der Waals surface area contributed by atoms with Gasteiger partial charge in [0.05, 0.1) is 25.0 Å². The standard InChI is InChI=1S/C22H27FN6O2/c1-3-24-22(29-10-11-30-20(14-29)17-12-26-28(2)13-17)25-9-8-19-15-31-21(27-19)16-4-6-18(23)7-5-16/h4-7,12-13,15,20H,3,8-11,14H2,1-2H3,(H,24,25). The Morgan fingerprint density at radius 2 is 2.16 bits per heavy atom. The third-order valence-electron chi connectivity index (χ3n) is 5.07. The van der Waals surface area contributed by atoms with Crippen molar-refractivity contribution in [1.29, 1.82) is 0 Å². The van der Waals surface area contributed by atoms with Crippen LogP contribution in [0.15, 0.2) is 52.3 Å². The van der Waals surface area contributed by atoms with Crippen molar-refractivity contribution in [3.8, 4) is 11.5 Å². The maximum absolute atomic E-state index is 13.1. The van der Waals surface area contributed by atoms with E-state index < -0.39 is 0 Å². The summed E-state index contributed by atoms with van der Waals surface area (Å²) in [5.74, 6) is 1.06. The third-order valence-corrected chi connectivity index (χ3v) is 5.07. The highest BCUT2D eigenvalue weighted by molar-refractivity contribution is 5.80. The average Bonchev–Trinajstić information content (AvgIpc) is 3.43. The van der Waals surface area contributed by atoms with Crippen LogP contribution in [0.2, 0.25) is 0 Å². The Morgan fingerprint density at radius 1 is 1.32 bits per heavy atom. The van der Waals surface area contributed by atoms with E-state index in [4.69, 9.17) is 14.1 Å². The first-order chi connectivity index (χ1) is 15.1. The summed E-state index contributed by atoms with van der Waals surface area (Å²) >= 11 is 0. The number of morpholine rings is 1. The van der Waals surface area contributed by atoms with Gasteiger partial charge in [0.15, 0.2) is 5.96 Å². The Labute approximate surface area is 180 Å². The molecule has 1 atom stereocenters. The van der Waals surface area contributed by atoms with Crippen LogP contribution >= 0.6 is 0 Å². The first kappa shape index (κ1) is 21.0. The maximum Gasteiger partial charge on any atom is 0.226 e. The lowest BCUT2D eigenvalue weighted by molar-refractivity contribution is -0.00803. The molecule has 1 aliphatic rings. The molecule has 2 aromatic heterocycles. The van der Waals surface area contributed by atoms with E-state index in [9.17, 15) is 4.39 Å². The van der Waals surface area contributed by atoms with Crippen LogP contribution in [0.5, 0.6) is 0 Å². The van der Waals surface area contributed by atoms with Crippen LogP contribution in [0.4, 0.5) is 4.39 Å². The number of nitrogens with zero attached hydrogens (tertiary/aromatic N) is 5. The number of hydrogen-bond donors (Lipinski definition) is 1. The van der Waals surface area contributed by atoms with Gasteiger partial charge in [-0.15, -0.1) is 0 Å². The van der Waals surface area contributed by atoms with Gasteiger partial charge in [-0.3, -0.25) is 9.67 Å². The first-order valence-electron chi connectivity index (χ1n) is 10.5. The molecule has 0 saturated carbocycles. The summed E-state index contributed by atoms with van der Waals surface area (Å²) in [5.41, 5.74) is 2.63. The van der Waals surface area contributed by atoms with Gasteiger partial charge in [0.1, 0.15) is 18.2 Å². The molecular formula is C22H27FN6O2. The van der Waals surface area contributed by atoms with Gasteiger partial charge in [-0.2, -0.15) is 5.10 Å². The van der Waals surface area contributed by atoms with E-state index in [1.807, 2.05) is 19.4 Å². The zero-order chi connectivity index (χ0) is 21.6. The molecule has 0 bridgehead atoms. The molecule has 4 rings (SSSR count). The summed E-state index contributed by atoms with van der Waals surface area (Å²) in [6, 6.07) is 6.10. The van der Waals surface area contributed by atoms with Crippen molar-refractivity contribution in [3.05, 3.63) is 60.0 Å². The summed E-state index contributed by atoms with van der Waals surface area (Å²) in [4.78, 5) is 11.5. The Kier molecular flexibility index (Phi) is 6.61. The number of oxazole rings is 1. The smallest absolute Gasteiger partial charge is 0.226 e. The van der Waals surface area contributed by atoms with E-state index in [2.05, 4.69) is 27.2 Å². The molecule has 1 unspecified atom stereocenters. The van der Waals surface area contributed by atoms with E-state index in [1.165, 1.54) is 12.1 Å². The SMILES string of the molecule is CCNC(=NCCc1coc(-c2ccc(F)cc2)n1)N1CCOC(c2cnn(C)c2)C1. The maximum atomic E-state index is 13.1. The van der Waals surface area contributed by atoms with Crippen molar-refractivity contribution in [2.24, 2.45) is 12.0 Å². The van der Waals surface area contributed by atoms with E-state index in [0.717, 1.165) is 42.4 Å². The minimum absolute atomic E-state index is 0.0277. The van der Waals surface area contributed by atoms with Gasteiger partial charge in [-0.05, 0) is 31.2 Å². The van der Waals surface area contributed by atoms with Gasteiger partial charge >= 0.3 is 0 Å². The highest BCUT2D eigenvalue weighted by Crippen LogP contribution is 2.22. The normalized spacial score (nSPS) is 17.2. The van der Waals surface area contributed by atoms with Crippen LogP contribution in [0.25, 0.3) is 11.5 Å². The molecule has 1 saturated heterocycles. The number of benzene rings is 1. The Bertz CT molecular complexity index is 1010. The van der Waals surface area contributed by atoms with E-state index in [-0.39, 0.29) is 11.9 Å². The van der Waals surface area contributed by atoms with Crippen molar-refractivity contribution in [3.63, 3.8) is 0 Å². The predicted octanol–water partition coefficient (Wildman–Crippen LogP) is 2.80. The van der Waals surface area contributed by atoms with Crippen LogP contribution < -0.4 is 5.32 Å². The molecule has 164 valence electrons. The van der Waals surface area contributed by atoms with Gasteiger partial charge in [-0.25, -0.2) is 9.37 Å². The number of hydrogen-bond acceptors (Lipinski definition) is 5. The number of halogens is 1. The van der Waals surface area contributed by atoms with E-state index in [1.54, 1.807) is 23.1 Å². The molecule has 0 spiro atoms. The Hall–Kier alpha value is -3.20. The lowest BCUT2D eigenvalue weighted by Crippen LogP contribution is -2.48. The molecule has 3 heterocycles. The van der Waals surface area contributed by atoms with Crippen LogP contribution in [0.1, 0.15) is 24.3 Å². The molecule has 0 aliphatic carbocycles. The molecule has 0 amide bonds. The number of ether oxygens (including phenoxy) is 1. The Morgan fingerprint density at radius 3 is 2.90 bits per heavy atom. The first-order valence-corrected chi connectivity index (χ1v) is 10.5. The van der Waals surface area contributed by atoms with Crippen molar-refractivity contribution in [2.75, 3.05) is 32.8 Å². The van der Waals surface area contributed by atoms with Gasteiger partial charge in [0.2, 0.25) is 5.89 Å². The van der Waals surface area contributed by atoms with Gasteiger partial charge in [-0.1, -0.05) is 0 Å². The minimum Gasteiger partial charge on any atom is -0.444 e. The number of nitrogens with one attached hydrogen (secondary N) is 1. The minimum atomic E-state index is -0.283. The quantitative estimate of drug-likeness (QED) is 0.482. The molecule has 1 aromatic carbocycles. The van der Waals surface area contributed by atoms with Crippen molar-refractivity contribution >= 4 is 5.96 Å². The van der Waals surface area contributed by atoms with Gasteiger partial charge < -0.3 is 19.4 Å². The van der Waals surface area contributed by atoms with Crippen molar-refractivity contribution < 1.29 is 13.5 Å². The fraction of sp³-hybridized carbons (Fsp3) is 0.409. The van der Waals surface area contributed by atoms with Crippen molar-refractivity contribution in [2.45, 2.75) is 19.4 Å². The zero-order valence-electron chi connectivity index (χ0n) is 17.8. The highest BCUT2D eigenvalue weighted by atomic mass is 19.1. The fourth-order valence-electron chi connectivity index (χ4n) is 3.50. The predicted molar refractivity (Wildman–Crippen MR) is 115 cm³/mol. The molecule has 8 nitrogen and oxygen atoms in total. The second-order valence-electron chi connectivity index (χ2n) is 7.39. The van der Waals surface area contributed by atoms with Crippen LogP contribution in [0, 0.1) is 5.82 Å². The number of guanidine groups is 1. The largest absolute Gasteiger partial charge is 0.444 e. The van der Waals surface area contributed by atoms with Crippen LogP contribution in [-0.4, -0.2) is 58.4 Å². The van der Waals surface area contributed by atoms with Crippen LogP contribution in [0.3, 0.4) is 0 Å². The molecule has 0 radical (unpaired) electrons. The molecular weight excluding hydrogens is 399 g/mol. The van der Waals surface area contributed by atoms with Crippen LogP contribution in [-0.2, 0) is 18.2 Å². The Balaban J connectivity index is 1.38. The molecule has 1 aliphatic heterocycles. The lowest BCUT2D eigenvalue weighted by Gasteiger charge is -2.34. The molecule has 3 aromatic rings. The number of aliphatic imine (C=N–C) groups is 1. The number of aromatic nitrogens is 3. The van der Waals surface area contributed by atoms with Crippen molar-refractivity contribution in [1.82, 2.24) is 25.0 Å². The third kappa shape index (κ3) is 5.29. The summed E-state index contributed by atoms with van der Waals surface area (Å²) < 4.78 is 26.4. The summed E-state index contributed by atoms with van der Waals surface area (Å²) in [7, 11) is 1.90. The molecule has 1 fully saturated rings. The molecule has 9 heteroatoms. The summed E-state index contributed by atoms with van der Waals surface area (Å²) in [5, 5.41) is 7.62.